The van der Waals surface area contributed by atoms with Crippen LogP contribution < -0.4 is 0 Å². The Kier molecular flexibility index (Phi) is 3.27. The molecule has 1 N–H and O–H groups in total. The van der Waals surface area contributed by atoms with Crippen LogP contribution in [0.15, 0.2) is 28.7 Å². The largest absolute Gasteiger partial charge is 0.439 e. The molecule has 0 bridgehead atoms. The van der Waals surface area contributed by atoms with E-state index in [2.05, 4.69) is 9.88 Å². The lowest BCUT2D eigenvalue weighted by Crippen LogP contribution is -2.46. The van der Waals surface area contributed by atoms with Gasteiger partial charge in [-0.25, -0.2) is 4.98 Å². The Labute approximate surface area is 105 Å². The van der Waals surface area contributed by atoms with Gasteiger partial charge in [-0.05, 0) is 12.1 Å². The molecule has 0 saturated carbocycles. The molecule has 1 aromatic carbocycles. The zero-order valence-electron chi connectivity index (χ0n) is 10.1. The van der Waals surface area contributed by atoms with Gasteiger partial charge in [-0.3, -0.25) is 4.90 Å². The Balaban J connectivity index is 1.78. The Morgan fingerprint density at radius 3 is 3.11 bits per heavy atom. The van der Waals surface area contributed by atoms with Crippen LogP contribution in [0.25, 0.3) is 11.1 Å². The smallest absolute Gasteiger partial charge is 0.209 e. The summed E-state index contributed by atoms with van der Waals surface area (Å²) in [6, 6.07) is 7.76. The minimum atomic E-state index is 0.0359. The topological polar surface area (TPSA) is 58.7 Å². The van der Waals surface area contributed by atoms with Crippen LogP contribution in [0.3, 0.4) is 0 Å². The molecule has 96 valence electrons. The number of fused-ring (bicyclic) bond motifs is 1. The number of benzene rings is 1. The first-order valence-electron chi connectivity index (χ1n) is 6.14. The van der Waals surface area contributed by atoms with E-state index in [9.17, 15) is 5.11 Å². The second-order valence-electron chi connectivity index (χ2n) is 4.46. The van der Waals surface area contributed by atoms with Crippen LogP contribution in [0, 0.1) is 0 Å². The molecular weight excluding hydrogens is 232 g/mol. The molecule has 1 aromatic heterocycles. The lowest BCUT2D eigenvalue weighted by molar-refractivity contribution is -0.0341. The van der Waals surface area contributed by atoms with Crippen molar-refractivity contribution in [2.75, 3.05) is 26.4 Å². The fraction of sp³-hybridized carbons (Fsp3) is 0.462. The van der Waals surface area contributed by atoms with Gasteiger partial charge in [0.2, 0.25) is 5.89 Å². The number of aliphatic hydroxyl groups excluding tert-OH is 1. The summed E-state index contributed by atoms with van der Waals surface area (Å²) in [5.41, 5.74) is 1.68. The van der Waals surface area contributed by atoms with Crippen LogP contribution in [0.1, 0.15) is 5.89 Å². The number of hydrogen-bond acceptors (Lipinski definition) is 5. The molecule has 2 aromatic rings. The third kappa shape index (κ3) is 2.25. The van der Waals surface area contributed by atoms with Gasteiger partial charge in [-0.15, -0.1) is 0 Å². The number of aliphatic hydroxyl groups is 1. The molecule has 1 aliphatic rings. The first kappa shape index (κ1) is 11.6. The van der Waals surface area contributed by atoms with Crippen molar-refractivity contribution in [2.24, 2.45) is 0 Å². The molecule has 5 nitrogen and oxygen atoms in total. The zero-order valence-corrected chi connectivity index (χ0v) is 10.1. The number of rotatable bonds is 3. The molecule has 1 fully saturated rings. The summed E-state index contributed by atoms with van der Waals surface area (Å²) in [5.74, 6) is 0.691. The van der Waals surface area contributed by atoms with Gasteiger partial charge in [-0.2, -0.15) is 0 Å². The van der Waals surface area contributed by atoms with E-state index in [1.165, 1.54) is 0 Å². The standard InChI is InChI=1S/C13H16N2O3/c16-8-10-9-17-6-5-15(10)7-13-14-11-3-1-2-4-12(11)18-13/h1-4,10,16H,5-9H2. The van der Waals surface area contributed by atoms with Gasteiger partial charge < -0.3 is 14.3 Å². The number of morpholine rings is 1. The van der Waals surface area contributed by atoms with E-state index in [0.29, 0.717) is 25.6 Å². The SMILES string of the molecule is OCC1COCCN1Cc1nc2ccccc2o1. The Bertz CT molecular complexity index is 493. The van der Waals surface area contributed by atoms with E-state index >= 15 is 0 Å². The minimum Gasteiger partial charge on any atom is -0.439 e. The van der Waals surface area contributed by atoms with Gasteiger partial charge in [0.1, 0.15) is 5.52 Å². The van der Waals surface area contributed by atoms with E-state index in [1.807, 2.05) is 24.3 Å². The lowest BCUT2D eigenvalue weighted by Gasteiger charge is -2.33. The summed E-state index contributed by atoms with van der Waals surface area (Å²) in [6.07, 6.45) is 0. The Hall–Kier alpha value is -1.43. The molecule has 1 saturated heterocycles. The molecule has 1 unspecified atom stereocenters. The van der Waals surface area contributed by atoms with Crippen molar-refractivity contribution in [1.29, 1.82) is 0 Å². The van der Waals surface area contributed by atoms with E-state index in [1.54, 1.807) is 0 Å². The van der Waals surface area contributed by atoms with Crippen LogP contribution >= 0.6 is 0 Å². The average Bonchev–Trinajstić information content (AvgIpc) is 2.81. The maximum Gasteiger partial charge on any atom is 0.209 e. The van der Waals surface area contributed by atoms with Crippen LogP contribution in [-0.2, 0) is 11.3 Å². The second kappa shape index (κ2) is 5.06. The molecule has 0 amide bonds. The normalized spacial score (nSPS) is 21.5. The monoisotopic (exact) mass is 248 g/mol. The van der Waals surface area contributed by atoms with Crippen molar-refractivity contribution >= 4 is 11.1 Å². The Morgan fingerprint density at radius 1 is 1.39 bits per heavy atom. The molecule has 5 heteroatoms. The molecular formula is C13H16N2O3. The molecule has 18 heavy (non-hydrogen) atoms. The lowest BCUT2D eigenvalue weighted by atomic mass is 10.2. The number of ether oxygens (including phenoxy) is 1. The second-order valence-corrected chi connectivity index (χ2v) is 4.46. The predicted octanol–water partition coefficient (Wildman–Crippen LogP) is 1.02. The number of aromatic nitrogens is 1. The first-order chi connectivity index (χ1) is 8.86. The van der Waals surface area contributed by atoms with Crippen LogP contribution in [0.4, 0.5) is 0 Å². The molecule has 3 rings (SSSR count). The van der Waals surface area contributed by atoms with E-state index in [0.717, 1.165) is 17.6 Å². The van der Waals surface area contributed by atoms with E-state index in [-0.39, 0.29) is 12.6 Å². The van der Waals surface area contributed by atoms with Gasteiger partial charge in [0.25, 0.3) is 0 Å². The van der Waals surface area contributed by atoms with Gasteiger partial charge in [0.15, 0.2) is 5.58 Å². The summed E-state index contributed by atoms with van der Waals surface area (Å²) in [6.45, 7) is 2.76. The highest BCUT2D eigenvalue weighted by molar-refractivity contribution is 5.72. The summed E-state index contributed by atoms with van der Waals surface area (Å²) < 4.78 is 11.0. The highest BCUT2D eigenvalue weighted by atomic mass is 16.5. The molecule has 0 radical (unpaired) electrons. The minimum absolute atomic E-state index is 0.0359. The molecule has 0 spiro atoms. The average molecular weight is 248 g/mol. The maximum absolute atomic E-state index is 9.31. The quantitative estimate of drug-likeness (QED) is 0.878. The van der Waals surface area contributed by atoms with Crippen LogP contribution in [0.5, 0.6) is 0 Å². The fourth-order valence-electron chi connectivity index (χ4n) is 2.23. The van der Waals surface area contributed by atoms with E-state index < -0.39 is 0 Å². The Morgan fingerprint density at radius 2 is 2.28 bits per heavy atom. The van der Waals surface area contributed by atoms with Gasteiger partial charge in [0, 0.05) is 6.54 Å². The molecule has 0 aliphatic carbocycles. The highest BCUT2D eigenvalue weighted by Crippen LogP contribution is 2.17. The fourth-order valence-corrected chi connectivity index (χ4v) is 2.23. The third-order valence-electron chi connectivity index (χ3n) is 3.24. The van der Waals surface area contributed by atoms with Crippen molar-refractivity contribution in [1.82, 2.24) is 9.88 Å². The van der Waals surface area contributed by atoms with Crippen LogP contribution in [0.2, 0.25) is 0 Å². The molecule has 2 heterocycles. The summed E-state index contributed by atoms with van der Waals surface area (Å²) in [5, 5.41) is 9.31. The summed E-state index contributed by atoms with van der Waals surface area (Å²) >= 11 is 0. The molecule has 1 aliphatic heterocycles. The van der Waals surface area contributed by atoms with Crippen molar-refractivity contribution in [3.63, 3.8) is 0 Å². The van der Waals surface area contributed by atoms with Crippen molar-refractivity contribution in [2.45, 2.75) is 12.6 Å². The predicted molar refractivity (Wildman–Crippen MR) is 66.1 cm³/mol. The number of oxazole rings is 1. The summed E-state index contributed by atoms with van der Waals surface area (Å²) in [4.78, 5) is 6.59. The third-order valence-corrected chi connectivity index (χ3v) is 3.24. The van der Waals surface area contributed by atoms with Gasteiger partial charge in [-0.1, -0.05) is 12.1 Å². The zero-order chi connectivity index (χ0) is 12.4. The van der Waals surface area contributed by atoms with Crippen molar-refractivity contribution in [3.8, 4) is 0 Å². The number of nitrogens with zero attached hydrogens (tertiary/aromatic N) is 2. The highest BCUT2D eigenvalue weighted by Gasteiger charge is 2.23. The van der Waals surface area contributed by atoms with E-state index in [4.69, 9.17) is 9.15 Å². The van der Waals surface area contributed by atoms with Crippen LogP contribution in [-0.4, -0.2) is 47.4 Å². The van der Waals surface area contributed by atoms with Gasteiger partial charge in [0.05, 0.1) is 32.4 Å². The number of para-hydroxylation sites is 2. The first-order valence-corrected chi connectivity index (χ1v) is 6.14. The van der Waals surface area contributed by atoms with Gasteiger partial charge >= 0.3 is 0 Å². The van der Waals surface area contributed by atoms with Crippen molar-refractivity contribution in [3.05, 3.63) is 30.2 Å². The maximum atomic E-state index is 9.31. The summed E-state index contributed by atoms with van der Waals surface area (Å²) in [7, 11) is 0. The number of hydrogen-bond donors (Lipinski definition) is 1. The molecule has 1 atom stereocenters. The van der Waals surface area contributed by atoms with Crippen molar-refractivity contribution < 1.29 is 14.3 Å².